The lowest BCUT2D eigenvalue weighted by molar-refractivity contribution is 0.0526. The Morgan fingerprint density at radius 3 is 2.59 bits per heavy atom. The van der Waals surface area contributed by atoms with E-state index in [1.54, 1.807) is 6.92 Å². The lowest BCUT2D eigenvalue weighted by Gasteiger charge is -2.36. The first-order chi connectivity index (χ1) is 10.1. The van der Waals surface area contributed by atoms with Crippen molar-refractivity contribution in [2.24, 2.45) is 0 Å². The van der Waals surface area contributed by atoms with Gasteiger partial charge < -0.3 is 9.16 Å². The summed E-state index contributed by atoms with van der Waals surface area (Å²) < 4.78 is 12.2. The van der Waals surface area contributed by atoms with Crippen molar-refractivity contribution in [2.75, 3.05) is 6.61 Å². The Kier molecular flexibility index (Phi) is 4.63. The highest BCUT2D eigenvalue weighted by Gasteiger charge is 2.39. The SMILES string of the molecule is CCOC(=O)c1nc2ccc(O[Si](C)(C)C(C)(C)C)cc2s1. The molecular weight excluding hydrogens is 314 g/mol. The molecule has 0 saturated carbocycles. The lowest BCUT2D eigenvalue weighted by atomic mass is 10.2. The minimum atomic E-state index is -1.87. The summed E-state index contributed by atoms with van der Waals surface area (Å²) in [4.78, 5) is 16.1. The summed E-state index contributed by atoms with van der Waals surface area (Å²) in [6, 6.07) is 5.80. The predicted octanol–water partition coefficient (Wildman–Crippen LogP) is 4.86. The Morgan fingerprint density at radius 2 is 2.00 bits per heavy atom. The molecule has 0 bridgehead atoms. The molecule has 0 aliphatic rings. The van der Waals surface area contributed by atoms with Gasteiger partial charge in [-0.1, -0.05) is 20.8 Å². The molecule has 1 aromatic heterocycles. The summed E-state index contributed by atoms with van der Waals surface area (Å²) in [5.74, 6) is 0.480. The zero-order valence-electron chi connectivity index (χ0n) is 14.0. The van der Waals surface area contributed by atoms with E-state index >= 15 is 0 Å². The Labute approximate surface area is 136 Å². The fourth-order valence-corrected chi connectivity index (χ4v) is 3.61. The molecule has 2 aromatic rings. The number of nitrogens with zero attached hydrogens (tertiary/aromatic N) is 1. The maximum absolute atomic E-state index is 11.8. The molecule has 0 saturated heterocycles. The van der Waals surface area contributed by atoms with Crippen LogP contribution >= 0.6 is 11.3 Å². The molecule has 22 heavy (non-hydrogen) atoms. The summed E-state index contributed by atoms with van der Waals surface area (Å²) in [5.41, 5.74) is 0.802. The van der Waals surface area contributed by atoms with Crippen molar-refractivity contribution in [1.29, 1.82) is 0 Å². The van der Waals surface area contributed by atoms with E-state index in [4.69, 9.17) is 9.16 Å². The third-order valence-electron chi connectivity index (χ3n) is 3.99. The topological polar surface area (TPSA) is 48.4 Å². The van der Waals surface area contributed by atoms with E-state index in [0.29, 0.717) is 11.6 Å². The molecule has 2 rings (SSSR count). The molecule has 120 valence electrons. The van der Waals surface area contributed by atoms with Crippen molar-refractivity contribution >= 4 is 35.8 Å². The van der Waals surface area contributed by atoms with E-state index in [1.807, 2.05) is 18.2 Å². The first-order valence-electron chi connectivity index (χ1n) is 7.41. The largest absolute Gasteiger partial charge is 0.543 e. The van der Waals surface area contributed by atoms with Gasteiger partial charge in [0.15, 0.2) is 0 Å². The number of carbonyl (C=O) groups is 1. The van der Waals surface area contributed by atoms with Crippen molar-refractivity contribution in [3.05, 3.63) is 23.2 Å². The average Bonchev–Trinajstić information content (AvgIpc) is 2.80. The van der Waals surface area contributed by atoms with Crippen LogP contribution in [0.15, 0.2) is 18.2 Å². The zero-order valence-corrected chi connectivity index (χ0v) is 15.8. The zero-order chi connectivity index (χ0) is 16.5. The van der Waals surface area contributed by atoms with Gasteiger partial charge in [0.25, 0.3) is 0 Å². The highest BCUT2D eigenvalue weighted by atomic mass is 32.1. The van der Waals surface area contributed by atoms with Gasteiger partial charge in [-0.15, -0.1) is 11.3 Å². The maximum Gasteiger partial charge on any atom is 0.367 e. The van der Waals surface area contributed by atoms with Crippen LogP contribution in [0, 0.1) is 0 Å². The van der Waals surface area contributed by atoms with E-state index < -0.39 is 8.32 Å². The Bertz CT molecular complexity index is 688. The van der Waals surface area contributed by atoms with E-state index in [0.717, 1.165) is 16.0 Å². The standard InChI is InChI=1S/C16H23NO3SSi/c1-7-19-15(18)14-17-12-9-8-11(10-13(12)21-14)20-22(5,6)16(2,3)4/h8-10H,7H2,1-6H3. The van der Waals surface area contributed by atoms with Crippen molar-refractivity contribution in [3.63, 3.8) is 0 Å². The van der Waals surface area contributed by atoms with Crippen LogP contribution in [0.3, 0.4) is 0 Å². The molecule has 0 atom stereocenters. The summed E-state index contributed by atoms with van der Waals surface area (Å²) in [5, 5.41) is 0.535. The van der Waals surface area contributed by atoms with Gasteiger partial charge in [-0.2, -0.15) is 0 Å². The second-order valence-corrected chi connectivity index (χ2v) is 12.5. The van der Waals surface area contributed by atoms with Gasteiger partial charge in [0, 0.05) is 0 Å². The van der Waals surface area contributed by atoms with Crippen LogP contribution in [0.25, 0.3) is 10.2 Å². The number of hydrogen-bond acceptors (Lipinski definition) is 5. The number of fused-ring (bicyclic) bond motifs is 1. The van der Waals surface area contributed by atoms with Crippen molar-refractivity contribution in [3.8, 4) is 5.75 Å². The number of rotatable bonds is 4. The normalized spacial score (nSPS) is 12.5. The number of hydrogen-bond donors (Lipinski definition) is 0. The summed E-state index contributed by atoms with van der Waals surface area (Å²) in [7, 11) is -1.87. The summed E-state index contributed by atoms with van der Waals surface area (Å²) in [6.45, 7) is 13.2. The first kappa shape index (κ1) is 17.0. The fourth-order valence-electron chi connectivity index (χ4n) is 1.70. The predicted molar refractivity (Wildman–Crippen MR) is 93.4 cm³/mol. The van der Waals surface area contributed by atoms with Crippen LogP contribution in [-0.2, 0) is 4.74 Å². The van der Waals surface area contributed by atoms with E-state index in [2.05, 4.69) is 38.8 Å². The molecule has 0 aliphatic carbocycles. The molecule has 0 aliphatic heterocycles. The number of benzene rings is 1. The molecule has 6 heteroatoms. The molecule has 0 amide bonds. The van der Waals surface area contributed by atoms with E-state index in [-0.39, 0.29) is 11.0 Å². The molecule has 0 unspecified atom stereocenters. The quantitative estimate of drug-likeness (QED) is 0.590. The minimum Gasteiger partial charge on any atom is -0.543 e. The third kappa shape index (κ3) is 3.49. The van der Waals surface area contributed by atoms with Gasteiger partial charge >= 0.3 is 5.97 Å². The van der Waals surface area contributed by atoms with Crippen LogP contribution in [0.1, 0.15) is 37.5 Å². The van der Waals surface area contributed by atoms with Crippen molar-refractivity contribution in [1.82, 2.24) is 4.98 Å². The Morgan fingerprint density at radius 1 is 1.32 bits per heavy atom. The summed E-state index contributed by atoms with van der Waals surface area (Å²) in [6.07, 6.45) is 0. The van der Waals surface area contributed by atoms with Crippen molar-refractivity contribution < 1.29 is 14.0 Å². The van der Waals surface area contributed by atoms with E-state index in [1.165, 1.54) is 11.3 Å². The molecule has 0 N–H and O–H groups in total. The summed E-state index contributed by atoms with van der Waals surface area (Å²) >= 11 is 1.34. The lowest BCUT2D eigenvalue weighted by Crippen LogP contribution is -2.43. The smallest absolute Gasteiger partial charge is 0.367 e. The van der Waals surface area contributed by atoms with Crippen LogP contribution in [0.4, 0.5) is 0 Å². The molecule has 1 heterocycles. The van der Waals surface area contributed by atoms with Crippen molar-refractivity contribution in [2.45, 2.75) is 45.8 Å². The van der Waals surface area contributed by atoms with Gasteiger partial charge in [-0.3, -0.25) is 0 Å². The number of esters is 1. The molecule has 4 nitrogen and oxygen atoms in total. The maximum atomic E-state index is 11.8. The number of aromatic nitrogens is 1. The second-order valence-electron chi connectivity index (χ2n) is 6.73. The molecule has 1 aromatic carbocycles. The molecule has 0 spiro atoms. The fraction of sp³-hybridized carbons (Fsp3) is 0.500. The van der Waals surface area contributed by atoms with Crippen LogP contribution < -0.4 is 4.43 Å². The molecule has 0 radical (unpaired) electrons. The Balaban J connectivity index is 2.29. The molecule has 0 fully saturated rings. The Hall–Kier alpha value is -1.40. The minimum absolute atomic E-state index is 0.145. The third-order valence-corrected chi connectivity index (χ3v) is 9.35. The van der Waals surface area contributed by atoms with Gasteiger partial charge in [0.05, 0.1) is 16.8 Å². The number of thiazole rings is 1. The highest BCUT2D eigenvalue weighted by Crippen LogP contribution is 2.38. The average molecular weight is 338 g/mol. The number of carbonyl (C=O) groups excluding carboxylic acids is 1. The number of ether oxygens (including phenoxy) is 1. The highest BCUT2D eigenvalue weighted by molar-refractivity contribution is 7.20. The van der Waals surface area contributed by atoms with Gasteiger partial charge in [0.2, 0.25) is 13.3 Å². The van der Waals surface area contributed by atoms with Crippen LogP contribution in [0.5, 0.6) is 5.75 Å². The molecular formula is C16H23NO3SSi. The van der Waals surface area contributed by atoms with Crippen LogP contribution in [0.2, 0.25) is 18.1 Å². The van der Waals surface area contributed by atoms with Gasteiger partial charge in [0.1, 0.15) is 5.75 Å². The van der Waals surface area contributed by atoms with Gasteiger partial charge in [-0.05, 0) is 43.3 Å². The second kappa shape index (κ2) is 6.00. The van der Waals surface area contributed by atoms with E-state index in [9.17, 15) is 4.79 Å². The van der Waals surface area contributed by atoms with Gasteiger partial charge in [-0.25, -0.2) is 9.78 Å². The first-order valence-corrected chi connectivity index (χ1v) is 11.1. The monoisotopic (exact) mass is 337 g/mol. The van der Waals surface area contributed by atoms with Crippen LogP contribution in [-0.4, -0.2) is 25.9 Å².